The molecule has 0 aliphatic carbocycles. The van der Waals surface area contributed by atoms with Gasteiger partial charge in [0.1, 0.15) is 0 Å². The summed E-state index contributed by atoms with van der Waals surface area (Å²) in [6.07, 6.45) is 4.11. The first-order valence-corrected chi connectivity index (χ1v) is 3.05. The molecule has 52 valence electrons. The van der Waals surface area contributed by atoms with Crippen LogP contribution in [0.4, 0.5) is 0 Å². The molecule has 9 heavy (non-hydrogen) atoms. The first kappa shape index (κ1) is 8.08. The summed E-state index contributed by atoms with van der Waals surface area (Å²) in [5.41, 5.74) is 12.7. The van der Waals surface area contributed by atoms with Crippen LogP contribution in [0.2, 0.25) is 0 Å². The number of allylic oxidation sites excluding steroid dienone is 2. The Morgan fingerprint density at radius 1 is 1.33 bits per heavy atom. The standard InChI is InChI=1S/C7H14N2/c1-3-7(5-9)6(2)4-8/h4-5H,3,8-9H2,1-2H3/b6-4-,7-5+. The quantitative estimate of drug-likeness (QED) is 0.544. The van der Waals surface area contributed by atoms with Gasteiger partial charge in [-0.05, 0) is 36.9 Å². The van der Waals surface area contributed by atoms with Crippen LogP contribution >= 0.6 is 0 Å². The van der Waals surface area contributed by atoms with E-state index in [1.165, 1.54) is 0 Å². The minimum absolute atomic E-state index is 0.941. The van der Waals surface area contributed by atoms with Crippen molar-refractivity contribution in [2.45, 2.75) is 20.3 Å². The first-order valence-electron chi connectivity index (χ1n) is 3.05. The molecule has 0 spiro atoms. The topological polar surface area (TPSA) is 52.0 Å². The van der Waals surface area contributed by atoms with Gasteiger partial charge in [-0.15, -0.1) is 0 Å². The summed E-state index contributed by atoms with van der Waals surface area (Å²) in [5.74, 6) is 0. The third-order valence-electron chi connectivity index (χ3n) is 1.34. The molecule has 0 aromatic rings. The van der Waals surface area contributed by atoms with Crippen molar-refractivity contribution >= 4 is 0 Å². The van der Waals surface area contributed by atoms with E-state index in [-0.39, 0.29) is 0 Å². The van der Waals surface area contributed by atoms with Crippen molar-refractivity contribution < 1.29 is 0 Å². The van der Waals surface area contributed by atoms with Crippen molar-refractivity contribution in [1.29, 1.82) is 0 Å². The lowest BCUT2D eigenvalue weighted by molar-refractivity contribution is 1.09. The van der Waals surface area contributed by atoms with Crippen LogP contribution in [0.1, 0.15) is 20.3 Å². The molecule has 0 saturated carbocycles. The number of nitrogens with two attached hydrogens (primary N) is 2. The minimum atomic E-state index is 0.941. The molecule has 0 atom stereocenters. The Labute approximate surface area is 56.2 Å². The Hall–Kier alpha value is -0.920. The first-order chi connectivity index (χ1) is 4.26. The van der Waals surface area contributed by atoms with Crippen molar-refractivity contribution in [1.82, 2.24) is 0 Å². The zero-order valence-corrected chi connectivity index (χ0v) is 6.02. The molecular weight excluding hydrogens is 112 g/mol. The van der Waals surface area contributed by atoms with Gasteiger partial charge in [0.25, 0.3) is 0 Å². The second-order valence-electron chi connectivity index (χ2n) is 1.90. The van der Waals surface area contributed by atoms with Gasteiger partial charge in [-0.3, -0.25) is 0 Å². The molecule has 0 saturated heterocycles. The van der Waals surface area contributed by atoms with Crippen molar-refractivity contribution in [2.75, 3.05) is 0 Å². The lowest BCUT2D eigenvalue weighted by Gasteiger charge is -2.00. The van der Waals surface area contributed by atoms with Crippen LogP contribution in [-0.2, 0) is 0 Å². The fourth-order valence-electron chi connectivity index (χ4n) is 0.635. The lowest BCUT2D eigenvalue weighted by Crippen LogP contribution is -1.92. The molecule has 0 unspecified atom stereocenters. The highest BCUT2D eigenvalue weighted by atomic mass is 14.5. The molecule has 0 aromatic carbocycles. The van der Waals surface area contributed by atoms with Crippen LogP contribution in [0.15, 0.2) is 23.5 Å². The van der Waals surface area contributed by atoms with Crippen LogP contribution in [0.3, 0.4) is 0 Å². The number of rotatable bonds is 2. The average molecular weight is 126 g/mol. The van der Waals surface area contributed by atoms with E-state index in [9.17, 15) is 0 Å². The Balaban J connectivity index is 4.14. The highest BCUT2D eigenvalue weighted by molar-refractivity contribution is 5.26. The Bertz CT molecular complexity index is 134. The molecule has 2 heteroatoms. The smallest absolute Gasteiger partial charge is 0.00266 e. The van der Waals surface area contributed by atoms with E-state index < -0.39 is 0 Å². The van der Waals surface area contributed by atoms with Crippen molar-refractivity contribution in [3.05, 3.63) is 23.5 Å². The van der Waals surface area contributed by atoms with Gasteiger partial charge in [0.05, 0.1) is 0 Å². The Kier molecular flexibility index (Phi) is 3.60. The van der Waals surface area contributed by atoms with E-state index >= 15 is 0 Å². The lowest BCUT2D eigenvalue weighted by atomic mass is 10.1. The normalized spacial score (nSPS) is 14.0. The summed E-state index contributed by atoms with van der Waals surface area (Å²) in [7, 11) is 0. The maximum absolute atomic E-state index is 5.30. The molecule has 0 aliphatic heterocycles. The molecule has 0 aliphatic rings. The molecule has 0 radical (unpaired) electrons. The molecule has 0 rings (SSSR count). The van der Waals surface area contributed by atoms with E-state index in [1.54, 1.807) is 12.4 Å². The summed E-state index contributed by atoms with van der Waals surface area (Å²) in [5, 5.41) is 0. The summed E-state index contributed by atoms with van der Waals surface area (Å²) < 4.78 is 0. The largest absolute Gasteiger partial charge is 0.404 e. The van der Waals surface area contributed by atoms with E-state index in [0.29, 0.717) is 0 Å². The zero-order valence-electron chi connectivity index (χ0n) is 6.02. The van der Waals surface area contributed by atoms with Gasteiger partial charge in [-0.25, -0.2) is 0 Å². The minimum Gasteiger partial charge on any atom is -0.404 e. The summed E-state index contributed by atoms with van der Waals surface area (Å²) in [4.78, 5) is 0. The monoisotopic (exact) mass is 126 g/mol. The Morgan fingerprint density at radius 2 is 1.89 bits per heavy atom. The predicted molar refractivity (Wildman–Crippen MR) is 40.5 cm³/mol. The fourth-order valence-corrected chi connectivity index (χ4v) is 0.635. The van der Waals surface area contributed by atoms with Gasteiger partial charge in [0.15, 0.2) is 0 Å². The average Bonchev–Trinajstić information content (AvgIpc) is 1.90. The van der Waals surface area contributed by atoms with Gasteiger partial charge in [-0.2, -0.15) is 0 Å². The SMILES string of the molecule is CCC(=C\N)/C(C)=C\N. The maximum atomic E-state index is 5.30. The Morgan fingerprint density at radius 3 is 2.00 bits per heavy atom. The van der Waals surface area contributed by atoms with E-state index in [4.69, 9.17) is 11.5 Å². The zero-order chi connectivity index (χ0) is 7.28. The number of hydrogen-bond donors (Lipinski definition) is 2. The summed E-state index contributed by atoms with van der Waals surface area (Å²) in [6.45, 7) is 3.99. The second kappa shape index (κ2) is 4.01. The molecule has 4 N–H and O–H groups in total. The molecule has 0 heterocycles. The molecule has 2 nitrogen and oxygen atoms in total. The van der Waals surface area contributed by atoms with Crippen LogP contribution in [-0.4, -0.2) is 0 Å². The predicted octanol–water partition coefficient (Wildman–Crippen LogP) is 1.10. The van der Waals surface area contributed by atoms with E-state index in [2.05, 4.69) is 0 Å². The highest BCUT2D eigenvalue weighted by Crippen LogP contribution is 2.08. The van der Waals surface area contributed by atoms with Crippen molar-refractivity contribution in [3.8, 4) is 0 Å². The summed E-state index contributed by atoms with van der Waals surface area (Å²) >= 11 is 0. The van der Waals surface area contributed by atoms with Gasteiger partial charge < -0.3 is 11.5 Å². The molecule has 0 aromatic heterocycles. The fraction of sp³-hybridized carbons (Fsp3) is 0.429. The van der Waals surface area contributed by atoms with Gasteiger partial charge in [0, 0.05) is 0 Å². The van der Waals surface area contributed by atoms with Gasteiger partial charge in [-0.1, -0.05) is 6.92 Å². The van der Waals surface area contributed by atoms with Gasteiger partial charge >= 0.3 is 0 Å². The molecular formula is C7H14N2. The van der Waals surface area contributed by atoms with Crippen molar-refractivity contribution in [2.24, 2.45) is 11.5 Å². The molecule has 0 amide bonds. The van der Waals surface area contributed by atoms with E-state index in [0.717, 1.165) is 17.6 Å². The van der Waals surface area contributed by atoms with Crippen LogP contribution in [0.25, 0.3) is 0 Å². The van der Waals surface area contributed by atoms with Gasteiger partial charge in [0.2, 0.25) is 0 Å². The van der Waals surface area contributed by atoms with E-state index in [1.807, 2.05) is 13.8 Å². The van der Waals surface area contributed by atoms with Crippen molar-refractivity contribution in [3.63, 3.8) is 0 Å². The van der Waals surface area contributed by atoms with Crippen LogP contribution in [0.5, 0.6) is 0 Å². The second-order valence-corrected chi connectivity index (χ2v) is 1.90. The number of hydrogen-bond acceptors (Lipinski definition) is 2. The molecule has 0 bridgehead atoms. The van der Waals surface area contributed by atoms with Crippen LogP contribution in [0, 0.1) is 0 Å². The third-order valence-corrected chi connectivity index (χ3v) is 1.34. The maximum Gasteiger partial charge on any atom is -0.00266 e. The summed E-state index contributed by atoms with van der Waals surface area (Å²) in [6, 6.07) is 0. The van der Waals surface area contributed by atoms with Crippen LogP contribution < -0.4 is 11.5 Å². The highest BCUT2D eigenvalue weighted by Gasteiger charge is 1.92. The third kappa shape index (κ3) is 2.22. The molecule has 0 fully saturated rings.